The van der Waals surface area contributed by atoms with Crippen LogP contribution in [-0.2, 0) is 14.3 Å². The van der Waals surface area contributed by atoms with E-state index in [1.165, 1.54) is 0 Å². The van der Waals surface area contributed by atoms with Gasteiger partial charge in [-0.25, -0.2) is 0 Å². The Morgan fingerprint density at radius 2 is 2.05 bits per heavy atom. The summed E-state index contributed by atoms with van der Waals surface area (Å²) in [6.07, 6.45) is 1.95. The Kier molecular flexibility index (Phi) is 6.80. The monoisotopic (exact) mass is 272 g/mol. The van der Waals surface area contributed by atoms with E-state index >= 15 is 0 Å². The topological polar surface area (TPSA) is 78.9 Å². The Bertz CT molecular complexity index is 301. The molecule has 0 radical (unpaired) electrons. The number of aliphatic carboxylic acids is 1. The smallest absolute Gasteiger partial charge is 0.303 e. The molecule has 1 saturated heterocycles. The van der Waals surface area contributed by atoms with Gasteiger partial charge in [0.25, 0.3) is 0 Å². The minimum Gasteiger partial charge on any atom is -0.481 e. The largest absolute Gasteiger partial charge is 0.481 e. The maximum atomic E-state index is 11.8. The van der Waals surface area contributed by atoms with Gasteiger partial charge in [0.2, 0.25) is 5.91 Å². The van der Waals surface area contributed by atoms with Crippen LogP contribution < -0.4 is 5.32 Å². The van der Waals surface area contributed by atoms with E-state index in [0.717, 1.165) is 25.9 Å². The minimum atomic E-state index is -0.732. The van der Waals surface area contributed by atoms with Crippen LogP contribution in [-0.4, -0.2) is 61.3 Å². The highest BCUT2D eigenvalue weighted by Crippen LogP contribution is 2.19. The molecule has 0 aromatic heterocycles. The van der Waals surface area contributed by atoms with Gasteiger partial charge in [0.05, 0.1) is 13.2 Å². The number of amides is 1. The van der Waals surface area contributed by atoms with Crippen LogP contribution in [0, 0.1) is 5.92 Å². The molecule has 0 aromatic carbocycles. The fraction of sp³-hybridized carbons (Fsp3) is 0.846. The highest BCUT2D eigenvalue weighted by Gasteiger charge is 2.22. The van der Waals surface area contributed by atoms with E-state index in [9.17, 15) is 9.59 Å². The molecule has 0 spiro atoms. The van der Waals surface area contributed by atoms with Crippen molar-refractivity contribution in [2.45, 2.75) is 32.2 Å². The number of carboxylic acid groups (broad SMARTS) is 1. The molecule has 1 aliphatic rings. The summed E-state index contributed by atoms with van der Waals surface area (Å²) in [6.45, 7) is 4.38. The zero-order valence-electron chi connectivity index (χ0n) is 11.7. The first-order valence-electron chi connectivity index (χ1n) is 6.73. The van der Waals surface area contributed by atoms with Gasteiger partial charge in [-0.15, -0.1) is 0 Å². The maximum Gasteiger partial charge on any atom is 0.303 e. The molecule has 6 heteroatoms. The van der Waals surface area contributed by atoms with Gasteiger partial charge in [-0.1, -0.05) is 0 Å². The van der Waals surface area contributed by atoms with Crippen LogP contribution in [0.2, 0.25) is 0 Å². The zero-order chi connectivity index (χ0) is 14.3. The normalized spacial score (nSPS) is 19.1. The lowest BCUT2D eigenvalue weighted by atomic mass is 9.94. The van der Waals surface area contributed by atoms with E-state index in [2.05, 4.69) is 10.2 Å². The SMILES string of the molecule is COCC(C)NC(=O)CN1CCC(CC(=O)O)CC1. The number of methoxy groups -OCH3 is 1. The third-order valence-electron chi connectivity index (χ3n) is 3.36. The number of rotatable bonds is 7. The van der Waals surface area contributed by atoms with Crippen molar-refractivity contribution in [3.63, 3.8) is 0 Å². The summed E-state index contributed by atoms with van der Waals surface area (Å²) in [4.78, 5) is 24.5. The molecule has 1 amide bonds. The van der Waals surface area contributed by atoms with Crippen molar-refractivity contribution in [1.29, 1.82) is 0 Å². The molecule has 1 heterocycles. The molecular weight excluding hydrogens is 248 g/mol. The second kappa shape index (κ2) is 8.12. The highest BCUT2D eigenvalue weighted by molar-refractivity contribution is 5.78. The Balaban J connectivity index is 2.21. The predicted molar refractivity (Wildman–Crippen MR) is 70.9 cm³/mol. The van der Waals surface area contributed by atoms with Crippen LogP contribution in [0.4, 0.5) is 0 Å². The maximum absolute atomic E-state index is 11.8. The quantitative estimate of drug-likeness (QED) is 0.698. The van der Waals surface area contributed by atoms with Crippen molar-refractivity contribution < 1.29 is 19.4 Å². The first-order valence-corrected chi connectivity index (χ1v) is 6.73. The number of carbonyl (C=O) groups excluding carboxylic acids is 1. The van der Waals surface area contributed by atoms with Crippen molar-refractivity contribution >= 4 is 11.9 Å². The fourth-order valence-corrected chi connectivity index (χ4v) is 2.41. The zero-order valence-corrected chi connectivity index (χ0v) is 11.7. The van der Waals surface area contributed by atoms with Crippen molar-refractivity contribution in [2.24, 2.45) is 5.92 Å². The van der Waals surface area contributed by atoms with Gasteiger partial charge in [-0.3, -0.25) is 14.5 Å². The van der Waals surface area contributed by atoms with Crippen LogP contribution in [0.1, 0.15) is 26.2 Å². The van der Waals surface area contributed by atoms with Crippen LogP contribution >= 0.6 is 0 Å². The molecule has 110 valence electrons. The summed E-state index contributed by atoms with van der Waals surface area (Å²) in [6, 6.07) is 0.0158. The van der Waals surface area contributed by atoms with Crippen molar-refractivity contribution in [2.75, 3.05) is 33.4 Å². The summed E-state index contributed by atoms with van der Waals surface area (Å²) < 4.78 is 4.96. The second-order valence-corrected chi connectivity index (χ2v) is 5.24. The van der Waals surface area contributed by atoms with E-state index in [-0.39, 0.29) is 24.3 Å². The van der Waals surface area contributed by atoms with E-state index in [1.807, 2.05) is 6.92 Å². The molecule has 0 bridgehead atoms. The highest BCUT2D eigenvalue weighted by atomic mass is 16.5. The lowest BCUT2D eigenvalue weighted by Gasteiger charge is -2.31. The fourth-order valence-electron chi connectivity index (χ4n) is 2.41. The Hall–Kier alpha value is -1.14. The number of ether oxygens (including phenoxy) is 1. The van der Waals surface area contributed by atoms with Gasteiger partial charge < -0.3 is 15.2 Å². The molecule has 1 unspecified atom stereocenters. The van der Waals surface area contributed by atoms with Crippen molar-refractivity contribution in [1.82, 2.24) is 10.2 Å². The number of hydrogen-bond acceptors (Lipinski definition) is 4. The molecule has 1 fully saturated rings. The molecule has 0 aromatic rings. The number of nitrogens with zero attached hydrogens (tertiary/aromatic N) is 1. The number of nitrogens with one attached hydrogen (secondary N) is 1. The van der Waals surface area contributed by atoms with E-state index in [0.29, 0.717) is 13.2 Å². The van der Waals surface area contributed by atoms with Gasteiger partial charge in [0.15, 0.2) is 0 Å². The molecule has 1 aliphatic heterocycles. The number of piperidine rings is 1. The Labute approximate surface area is 114 Å². The molecule has 1 rings (SSSR count). The third kappa shape index (κ3) is 6.54. The number of likely N-dealkylation sites (tertiary alicyclic amines) is 1. The predicted octanol–water partition coefficient (Wildman–Crippen LogP) is 0.324. The molecule has 2 N–H and O–H groups in total. The standard InChI is InChI=1S/C13H24N2O4/c1-10(9-19-2)14-12(16)8-15-5-3-11(4-6-15)7-13(17)18/h10-11H,3-9H2,1-2H3,(H,14,16)(H,17,18). The van der Waals surface area contributed by atoms with Crippen LogP contribution in [0.25, 0.3) is 0 Å². The first kappa shape index (κ1) is 15.9. The van der Waals surface area contributed by atoms with Crippen LogP contribution in [0.5, 0.6) is 0 Å². The Morgan fingerprint density at radius 1 is 1.42 bits per heavy atom. The number of carbonyl (C=O) groups is 2. The van der Waals surface area contributed by atoms with Crippen LogP contribution in [0.3, 0.4) is 0 Å². The summed E-state index contributed by atoms with van der Waals surface area (Å²) in [7, 11) is 1.61. The molecule has 0 saturated carbocycles. The lowest BCUT2D eigenvalue weighted by molar-refractivity contribution is -0.138. The third-order valence-corrected chi connectivity index (χ3v) is 3.36. The van der Waals surface area contributed by atoms with Gasteiger partial charge in [-0.2, -0.15) is 0 Å². The van der Waals surface area contributed by atoms with E-state index in [4.69, 9.17) is 9.84 Å². The van der Waals surface area contributed by atoms with E-state index < -0.39 is 5.97 Å². The average Bonchev–Trinajstić information content (AvgIpc) is 2.31. The molecule has 1 atom stereocenters. The second-order valence-electron chi connectivity index (χ2n) is 5.24. The van der Waals surface area contributed by atoms with E-state index in [1.54, 1.807) is 7.11 Å². The minimum absolute atomic E-state index is 0.00114. The summed E-state index contributed by atoms with van der Waals surface area (Å²) in [5, 5.41) is 11.6. The van der Waals surface area contributed by atoms with Crippen molar-refractivity contribution in [3.8, 4) is 0 Å². The molecule has 0 aliphatic carbocycles. The van der Waals surface area contributed by atoms with Crippen molar-refractivity contribution in [3.05, 3.63) is 0 Å². The summed E-state index contributed by atoms with van der Waals surface area (Å²) in [5.74, 6) is -0.477. The average molecular weight is 272 g/mol. The van der Waals surface area contributed by atoms with Crippen LogP contribution in [0.15, 0.2) is 0 Å². The van der Waals surface area contributed by atoms with Gasteiger partial charge in [-0.05, 0) is 38.8 Å². The summed E-state index contributed by atoms with van der Waals surface area (Å²) >= 11 is 0. The summed E-state index contributed by atoms with van der Waals surface area (Å²) in [5.41, 5.74) is 0. The van der Waals surface area contributed by atoms with Gasteiger partial charge in [0, 0.05) is 19.6 Å². The first-order chi connectivity index (χ1) is 9.01. The van der Waals surface area contributed by atoms with Gasteiger partial charge >= 0.3 is 5.97 Å². The molecule has 19 heavy (non-hydrogen) atoms. The number of hydrogen-bond donors (Lipinski definition) is 2. The van der Waals surface area contributed by atoms with Gasteiger partial charge in [0.1, 0.15) is 0 Å². The Morgan fingerprint density at radius 3 is 2.58 bits per heavy atom. The number of carboxylic acids is 1. The lowest BCUT2D eigenvalue weighted by Crippen LogP contribution is -2.45. The molecular formula is C13H24N2O4. The molecule has 6 nitrogen and oxygen atoms in total.